The Balaban J connectivity index is 1.88. The summed E-state index contributed by atoms with van der Waals surface area (Å²) < 4.78 is 0. The van der Waals surface area contributed by atoms with Gasteiger partial charge in [0.25, 0.3) is 5.91 Å². The number of hydrogen-bond acceptors (Lipinski definition) is 2. The highest BCUT2D eigenvalue weighted by atomic mass is 16.1. The van der Waals surface area contributed by atoms with Gasteiger partial charge in [0.1, 0.15) is 0 Å². The van der Waals surface area contributed by atoms with Crippen LogP contribution < -0.4 is 10.6 Å². The fourth-order valence-electron chi connectivity index (χ4n) is 2.99. The lowest BCUT2D eigenvalue weighted by Gasteiger charge is -2.09. The van der Waals surface area contributed by atoms with E-state index in [1.165, 1.54) is 22.3 Å². The first-order valence-corrected chi connectivity index (χ1v) is 6.56. The summed E-state index contributed by atoms with van der Waals surface area (Å²) >= 11 is 0. The first-order valence-electron chi connectivity index (χ1n) is 6.56. The van der Waals surface area contributed by atoms with E-state index in [4.69, 9.17) is 0 Å². The van der Waals surface area contributed by atoms with Gasteiger partial charge in [-0.25, -0.2) is 0 Å². The van der Waals surface area contributed by atoms with Gasteiger partial charge in [-0.2, -0.15) is 0 Å². The molecule has 0 bridgehead atoms. The van der Waals surface area contributed by atoms with Crippen LogP contribution in [0.4, 0.5) is 0 Å². The Morgan fingerprint density at radius 1 is 0.895 bits per heavy atom. The molecule has 4 rings (SSSR count). The highest BCUT2D eigenvalue weighted by Crippen LogP contribution is 2.31. The molecule has 3 nitrogen and oxygen atoms in total. The quantitative estimate of drug-likeness (QED) is 0.814. The first kappa shape index (κ1) is 10.8. The van der Waals surface area contributed by atoms with Crippen LogP contribution in [-0.4, -0.2) is 5.91 Å². The van der Waals surface area contributed by atoms with Crippen LogP contribution in [0.3, 0.4) is 0 Å². The summed E-state index contributed by atoms with van der Waals surface area (Å²) in [5, 5.41) is 6.26. The lowest BCUT2D eigenvalue weighted by atomic mass is 9.95. The van der Waals surface area contributed by atoms with E-state index in [0.717, 1.165) is 24.2 Å². The van der Waals surface area contributed by atoms with Gasteiger partial charge in [0, 0.05) is 25.2 Å². The third-order valence-corrected chi connectivity index (χ3v) is 3.99. The molecule has 0 fully saturated rings. The molecular formula is C16H14N2O. The molecule has 2 aliphatic rings. The van der Waals surface area contributed by atoms with Gasteiger partial charge in [-0.15, -0.1) is 0 Å². The van der Waals surface area contributed by atoms with Crippen LogP contribution in [0.2, 0.25) is 0 Å². The number of carbonyl (C=O) groups excluding carboxylic acids is 1. The normalized spacial score (nSPS) is 16.1. The first-order chi connectivity index (χ1) is 9.33. The molecule has 0 saturated carbocycles. The molecule has 1 amide bonds. The predicted molar refractivity (Wildman–Crippen MR) is 73.6 cm³/mol. The molecule has 0 unspecified atom stereocenters. The second-order valence-corrected chi connectivity index (χ2v) is 5.10. The van der Waals surface area contributed by atoms with E-state index in [9.17, 15) is 4.79 Å². The van der Waals surface area contributed by atoms with Crippen LogP contribution in [-0.2, 0) is 19.6 Å². The van der Waals surface area contributed by atoms with Crippen molar-refractivity contribution >= 4 is 5.91 Å². The number of nitrogens with one attached hydrogen (secondary N) is 2. The third-order valence-electron chi connectivity index (χ3n) is 3.99. The number of amides is 1. The van der Waals surface area contributed by atoms with Crippen molar-refractivity contribution in [2.45, 2.75) is 19.6 Å². The van der Waals surface area contributed by atoms with Gasteiger partial charge in [0.05, 0.1) is 0 Å². The Labute approximate surface area is 111 Å². The summed E-state index contributed by atoms with van der Waals surface area (Å²) in [6.45, 7) is 2.54. The molecule has 94 valence electrons. The average Bonchev–Trinajstić information content (AvgIpc) is 3.05. The SMILES string of the molecule is O=C1NCc2c1cccc2-c1ccc2c(c1)CNC2. The largest absolute Gasteiger partial charge is 0.348 e. The Morgan fingerprint density at radius 3 is 2.68 bits per heavy atom. The van der Waals surface area contributed by atoms with Crippen molar-refractivity contribution in [2.24, 2.45) is 0 Å². The van der Waals surface area contributed by atoms with Crippen LogP contribution >= 0.6 is 0 Å². The monoisotopic (exact) mass is 250 g/mol. The van der Waals surface area contributed by atoms with Gasteiger partial charge >= 0.3 is 0 Å². The summed E-state index contributed by atoms with van der Waals surface area (Å²) in [6, 6.07) is 12.6. The van der Waals surface area contributed by atoms with E-state index < -0.39 is 0 Å². The molecule has 3 heteroatoms. The molecular weight excluding hydrogens is 236 g/mol. The van der Waals surface area contributed by atoms with Gasteiger partial charge < -0.3 is 10.6 Å². The van der Waals surface area contributed by atoms with Crippen molar-refractivity contribution in [3.63, 3.8) is 0 Å². The molecule has 0 aromatic heterocycles. The van der Waals surface area contributed by atoms with Crippen LogP contribution in [0.1, 0.15) is 27.0 Å². The molecule has 0 saturated heterocycles. The standard InChI is InChI=1S/C16H14N2O/c19-16-14-3-1-2-13(15(14)9-18-16)10-4-5-11-7-17-8-12(11)6-10/h1-6,17H,7-9H2,(H,18,19). The van der Waals surface area contributed by atoms with Gasteiger partial charge in [-0.3, -0.25) is 4.79 Å². The lowest BCUT2D eigenvalue weighted by molar-refractivity contribution is 0.0966. The van der Waals surface area contributed by atoms with Crippen molar-refractivity contribution in [1.29, 1.82) is 0 Å². The summed E-state index contributed by atoms with van der Waals surface area (Å²) in [5.74, 6) is 0.0414. The minimum Gasteiger partial charge on any atom is -0.348 e. The average molecular weight is 250 g/mol. The molecule has 0 spiro atoms. The highest BCUT2D eigenvalue weighted by Gasteiger charge is 2.22. The Hall–Kier alpha value is -2.13. The minimum atomic E-state index is 0.0414. The number of benzene rings is 2. The molecule has 0 atom stereocenters. The Kier molecular flexibility index (Phi) is 2.23. The van der Waals surface area contributed by atoms with Gasteiger partial charge in [-0.05, 0) is 39.9 Å². The van der Waals surface area contributed by atoms with Gasteiger partial charge in [0.2, 0.25) is 0 Å². The second kappa shape index (κ2) is 3.93. The maximum atomic E-state index is 11.7. The summed E-state index contributed by atoms with van der Waals surface area (Å²) in [4.78, 5) is 11.7. The molecule has 0 aliphatic carbocycles. The zero-order valence-corrected chi connectivity index (χ0v) is 10.5. The maximum Gasteiger partial charge on any atom is 0.251 e. The van der Waals surface area contributed by atoms with Crippen LogP contribution in [0, 0.1) is 0 Å². The smallest absolute Gasteiger partial charge is 0.251 e. The Morgan fingerprint density at radius 2 is 1.74 bits per heavy atom. The second-order valence-electron chi connectivity index (χ2n) is 5.10. The lowest BCUT2D eigenvalue weighted by Crippen LogP contribution is -2.12. The van der Waals surface area contributed by atoms with E-state index in [0.29, 0.717) is 6.54 Å². The van der Waals surface area contributed by atoms with Gasteiger partial charge in [-0.1, -0.05) is 24.3 Å². The van der Waals surface area contributed by atoms with Crippen LogP contribution in [0.25, 0.3) is 11.1 Å². The zero-order valence-electron chi connectivity index (χ0n) is 10.5. The van der Waals surface area contributed by atoms with Crippen LogP contribution in [0.15, 0.2) is 36.4 Å². The molecule has 2 aromatic carbocycles. The van der Waals surface area contributed by atoms with E-state index in [2.05, 4.69) is 34.9 Å². The fraction of sp³-hybridized carbons (Fsp3) is 0.188. The summed E-state index contributed by atoms with van der Waals surface area (Å²) in [6.07, 6.45) is 0. The van der Waals surface area contributed by atoms with E-state index in [-0.39, 0.29) is 5.91 Å². The van der Waals surface area contributed by atoms with Crippen molar-refractivity contribution in [2.75, 3.05) is 0 Å². The number of hydrogen-bond donors (Lipinski definition) is 2. The van der Waals surface area contributed by atoms with Gasteiger partial charge in [0.15, 0.2) is 0 Å². The molecule has 0 radical (unpaired) electrons. The number of carbonyl (C=O) groups is 1. The molecule has 2 heterocycles. The topological polar surface area (TPSA) is 41.1 Å². The van der Waals surface area contributed by atoms with Crippen molar-refractivity contribution < 1.29 is 4.79 Å². The van der Waals surface area contributed by atoms with Crippen molar-refractivity contribution in [1.82, 2.24) is 10.6 Å². The Bertz CT molecular complexity index is 691. The summed E-state index contributed by atoms with van der Waals surface area (Å²) in [5.41, 5.74) is 7.06. The number of fused-ring (bicyclic) bond motifs is 2. The predicted octanol–water partition coefficient (Wildman–Crippen LogP) is 2.20. The summed E-state index contributed by atoms with van der Waals surface area (Å²) in [7, 11) is 0. The highest BCUT2D eigenvalue weighted by molar-refractivity contribution is 6.00. The van der Waals surface area contributed by atoms with E-state index >= 15 is 0 Å². The fourth-order valence-corrected chi connectivity index (χ4v) is 2.99. The molecule has 2 N–H and O–H groups in total. The van der Waals surface area contributed by atoms with Crippen LogP contribution in [0.5, 0.6) is 0 Å². The van der Waals surface area contributed by atoms with Crippen molar-refractivity contribution in [3.05, 3.63) is 58.7 Å². The molecule has 2 aliphatic heterocycles. The van der Waals surface area contributed by atoms with E-state index in [1.54, 1.807) is 0 Å². The minimum absolute atomic E-state index is 0.0414. The number of rotatable bonds is 1. The molecule has 2 aromatic rings. The maximum absolute atomic E-state index is 11.7. The van der Waals surface area contributed by atoms with Crippen molar-refractivity contribution in [3.8, 4) is 11.1 Å². The molecule has 19 heavy (non-hydrogen) atoms. The van der Waals surface area contributed by atoms with E-state index in [1.807, 2.05) is 12.1 Å². The third kappa shape index (κ3) is 1.59. The zero-order chi connectivity index (χ0) is 12.8.